The standard InChI is InChI=1S/C16H14N2O4/c1-3-22-16(21)11-8-10(9(2)19)15(20)18-13-7-5-4-6-12(13)17-14(11)18/h4-8,19H,3H2,1-2H3/b10-9+. The molecule has 0 aliphatic heterocycles. The molecule has 2 heterocycles. The molecular formula is C16H14N2O4. The number of aliphatic hydroxyl groups is 1. The van der Waals surface area contributed by atoms with E-state index in [0.29, 0.717) is 11.0 Å². The van der Waals surface area contributed by atoms with Gasteiger partial charge in [0, 0.05) is 0 Å². The summed E-state index contributed by atoms with van der Waals surface area (Å²) in [6.45, 7) is 3.31. The van der Waals surface area contributed by atoms with Gasteiger partial charge in [0.15, 0.2) is 5.65 Å². The van der Waals surface area contributed by atoms with Gasteiger partial charge in [0.05, 0.1) is 22.9 Å². The second-order valence-electron chi connectivity index (χ2n) is 4.84. The number of carbonyl (C=O) groups is 1. The Kier molecular flexibility index (Phi) is 3.29. The average molecular weight is 298 g/mol. The number of para-hydroxylation sites is 2. The number of benzene rings is 1. The van der Waals surface area contributed by atoms with Gasteiger partial charge in [-0.1, -0.05) is 12.1 Å². The minimum atomic E-state index is -0.578. The molecule has 0 saturated carbocycles. The number of imidazole rings is 1. The molecule has 1 N–H and O–H groups in total. The van der Waals surface area contributed by atoms with E-state index in [1.807, 2.05) is 0 Å². The van der Waals surface area contributed by atoms with Gasteiger partial charge in [-0.05, 0) is 32.0 Å². The Hall–Kier alpha value is -2.89. The maximum absolute atomic E-state index is 12.6. The first-order chi connectivity index (χ1) is 10.5. The third kappa shape index (κ3) is 2.00. The third-order valence-corrected chi connectivity index (χ3v) is 3.41. The normalized spacial score (nSPS) is 12.6. The number of pyridine rings is 1. The van der Waals surface area contributed by atoms with Crippen LogP contribution in [-0.4, -0.2) is 27.1 Å². The fourth-order valence-corrected chi connectivity index (χ4v) is 2.42. The largest absolute Gasteiger partial charge is 0.512 e. The van der Waals surface area contributed by atoms with Crippen molar-refractivity contribution in [1.29, 1.82) is 0 Å². The van der Waals surface area contributed by atoms with E-state index in [2.05, 4.69) is 4.98 Å². The number of carbonyl (C=O) groups excluding carboxylic acids is 1. The van der Waals surface area contributed by atoms with Crippen molar-refractivity contribution in [3.05, 3.63) is 51.5 Å². The van der Waals surface area contributed by atoms with Crippen LogP contribution in [0.4, 0.5) is 0 Å². The zero-order valence-electron chi connectivity index (χ0n) is 12.2. The molecule has 1 aromatic carbocycles. The van der Waals surface area contributed by atoms with Gasteiger partial charge in [-0.2, -0.15) is 0 Å². The second-order valence-corrected chi connectivity index (χ2v) is 4.84. The van der Waals surface area contributed by atoms with Crippen LogP contribution in [0.2, 0.25) is 0 Å². The highest BCUT2D eigenvalue weighted by Crippen LogP contribution is 2.17. The Morgan fingerprint density at radius 1 is 1.36 bits per heavy atom. The minimum Gasteiger partial charge on any atom is -0.512 e. The van der Waals surface area contributed by atoms with Gasteiger partial charge in [0.25, 0.3) is 5.56 Å². The zero-order valence-corrected chi connectivity index (χ0v) is 12.2. The molecule has 112 valence electrons. The highest BCUT2D eigenvalue weighted by atomic mass is 16.5. The van der Waals surface area contributed by atoms with Gasteiger partial charge in [0.1, 0.15) is 11.3 Å². The molecule has 3 aromatic rings. The molecule has 0 radical (unpaired) electrons. The molecule has 0 fully saturated rings. The summed E-state index contributed by atoms with van der Waals surface area (Å²) in [7, 11) is 0. The van der Waals surface area contributed by atoms with Gasteiger partial charge in [0.2, 0.25) is 0 Å². The number of rotatable bonds is 2. The fourth-order valence-electron chi connectivity index (χ4n) is 2.42. The Labute approximate surface area is 125 Å². The van der Waals surface area contributed by atoms with E-state index in [1.54, 1.807) is 31.2 Å². The first-order valence-electron chi connectivity index (χ1n) is 6.85. The predicted molar refractivity (Wildman–Crippen MR) is 81.9 cm³/mol. The zero-order chi connectivity index (χ0) is 15.9. The van der Waals surface area contributed by atoms with Crippen molar-refractivity contribution < 1.29 is 14.6 Å². The summed E-state index contributed by atoms with van der Waals surface area (Å²) < 4.78 is 6.35. The van der Waals surface area contributed by atoms with Crippen LogP contribution in [0.1, 0.15) is 24.2 Å². The highest BCUT2D eigenvalue weighted by Gasteiger charge is 2.19. The molecule has 0 amide bonds. The van der Waals surface area contributed by atoms with Crippen molar-refractivity contribution >= 4 is 28.4 Å². The number of hydrogen-bond donors (Lipinski definition) is 1. The summed E-state index contributed by atoms with van der Waals surface area (Å²) in [5, 5.41) is 9.79. The summed E-state index contributed by atoms with van der Waals surface area (Å²) in [4.78, 5) is 29.1. The average Bonchev–Trinajstić information content (AvgIpc) is 2.87. The van der Waals surface area contributed by atoms with Crippen LogP contribution in [0.3, 0.4) is 0 Å². The van der Waals surface area contributed by atoms with Crippen LogP contribution in [0.15, 0.2) is 35.1 Å². The van der Waals surface area contributed by atoms with E-state index in [-0.39, 0.29) is 28.8 Å². The van der Waals surface area contributed by atoms with E-state index in [9.17, 15) is 14.7 Å². The maximum atomic E-state index is 12.6. The number of nitrogens with zero attached hydrogens (tertiary/aromatic N) is 2. The maximum Gasteiger partial charge on any atom is 0.341 e. The van der Waals surface area contributed by atoms with E-state index < -0.39 is 11.5 Å². The number of ether oxygens (including phenoxy) is 1. The molecule has 3 rings (SSSR count). The molecule has 6 heteroatoms. The van der Waals surface area contributed by atoms with Crippen LogP contribution in [0, 0.1) is 0 Å². The van der Waals surface area contributed by atoms with E-state index in [4.69, 9.17) is 4.74 Å². The summed E-state index contributed by atoms with van der Waals surface area (Å²) in [5.74, 6) is -0.736. The second kappa shape index (κ2) is 5.14. The Morgan fingerprint density at radius 3 is 2.77 bits per heavy atom. The summed E-state index contributed by atoms with van der Waals surface area (Å²) in [5.41, 5.74) is 1.14. The lowest BCUT2D eigenvalue weighted by atomic mass is 10.2. The van der Waals surface area contributed by atoms with Gasteiger partial charge < -0.3 is 9.84 Å². The fraction of sp³-hybridized carbons (Fsp3) is 0.188. The van der Waals surface area contributed by atoms with Crippen molar-refractivity contribution in [1.82, 2.24) is 9.38 Å². The number of aliphatic hydroxyl groups excluding tert-OH is 1. The third-order valence-electron chi connectivity index (χ3n) is 3.41. The Bertz CT molecular complexity index is 1000. The lowest BCUT2D eigenvalue weighted by Gasteiger charge is -2.04. The van der Waals surface area contributed by atoms with Crippen molar-refractivity contribution in [2.45, 2.75) is 13.8 Å². The molecular weight excluding hydrogens is 284 g/mol. The van der Waals surface area contributed by atoms with Crippen LogP contribution in [-0.2, 0) is 4.74 Å². The number of fused-ring (bicyclic) bond motifs is 3. The molecule has 22 heavy (non-hydrogen) atoms. The van der Waals surface area contributed by atoms with Crippen molar-refractivity contribution in [3.63, 3.8) is 0 Å². The van der Waals surface area contributed by atoms with Gasteiger partial charge in [-0.15, -0.1) is 0 Å². The quantitative estimate of drug-likeness (QED) is 0.724. The van der Waals surface area contributed by atoms with E-state index in [0.717, 1.165) is 0 Å². The van der Waals surface area contributed by atoms with Crippen LogP contribution < -0.4 is 10.8 Å². The topological polar surface area (TPSA) is 80.9 Å². The molecule has 2 aromatic heterocycles. The molecule has 0 atom stereocenters. The summed E-state index contributed by atoms with van der Waals surface area (Å²) >= 11 is 0. The van der Waals surface area contributed by atoms with E-state index in [1.165, 1.54) is 17.4 Å². The first kappa shape index (κ1) is 14.1. The number of esters is 1. The summed E-state index contributed by atoms with van der Waals surface area (Å²) in [6, 6.07) is 8.40. The number of hydrogen-bond acceptors (Lipinski definition) is 5. The molecule has 0 unspecified atom stereocenters. The molecule has 0 saturated heterocycles. The van der Waals surface area contributed by atoms with Crippen molar-refractivity contribution in [2.24, 2.45) is 0 Å². The molecule has 0 aliphatic carbocycles. The Balaban J connectivity index is 2.56. The van der Waals surface area contributed by atoms with Gasteiger partial charge >= 0.3 is 5.97 Å². The molecule has 0 aliphatic rings. The lowest BCUT2D eigenvalue weighted by molar-refractivity contribution is 0.0528. The summed E-state index contributed by atoms with van der Waals surface area (Å²) in [6.07, 6.45) is 0. The molecule has 0 bridgehead atoms. The SMILES string of the molecule is CCOC(=O)c1c/c(=C(/C)O)c(=O)n2c1nc1ccccc12. The van der Waals surface area contributed by atoms with Crippen molar-refractivity contribution in [3.8, 4) is 0 Å². The van der Waals surface area contributed by atoms with Crippen LogP contribution >= 0.6 is 0 Å². The smallest absolute Gasteiger partial charge is 0.341 e. The lowest BCUT2D eigenvalue weighted by Crippen LogP contribution is -2.33. The first-order valence-corrected chi connectivity index (χ1v) is 6.85. The molecule has 6 nitrogen and oxygen atoms in total. The molecule has 0 spiro atoms. The number of aromatic nitrogens is 2. The van der Waals surface area contributed by atoms with Gasteiger partial charge in [-0.25, -0.2) is 9.78 Å². The minimum absolute atomic E-state index is 0.0544. The highest BCUT2D eigenvalue weighted by molar-refractivity contribution is 5.98. The predicted octanol–water partition coefficient (Wildman–Crippen LogP) is 1.43. The Morgan fingerprint density at radius 2 is 2.09 bits per heavy atom. The van der Waals surface area contributed by atoms with Gasteiger partial charge in [-0.3, -0.25) is 9.20 Å². The monoisotopic (exact) mass is 298 g/mol. The van der Waals surface area contributed by atoms with Crippen molar-refractivity contribution in [2.75, 3.05) is 6.61 Å². The van der Waals surface area contributed by atoms with E-state index >= 15 is 0 Å². The van der Waals surface area contributed by atoms with Crippen LogP contribution in [0.25, 0.3) is 22.4 Å². The van der Waals surface area contributed by atoms with Crippen LogP contribution in [0.5, 0.6) is 0 Å².